The Balaban J connectivity index is 0.000000190. The van der Waals surface area contributed by atoms with Crippen molar-refractivity contribution in [1.29, 1.82) is 0 Å². The Morgan fingerprint density at radius 3 is 1.82 bits per heavy atom. The molecule has 0 unspecified atom stereocenters. The molecule has 0 spiro atoms. The normalized spacial score (nSPS) is 37.1. The van der Waals surface area contributed by atoms with Gasteiger partial charge in [-0.1, -0.05) is 31.6 Å². The van der Waals surface area contributed by atoms with E-state index in [9.17, 15) is 14.7 Å². The van der Waals surface area contributed by atoms with Gasteiger partial charge in [0.05, 0.1) is 61.5 Å². The molecule has 1 N–H and O–H groups in total. The van der Waals surface area contributed by atoms with Crippen molar-refractivity contribution in [3.05, 3.63) is 0 Å². The fraction of sp³-hybridized carbons (Fsp3) is 0.850. The zero-order chi connectivity index (χ0) is 39.9. The fourth-order valence-corrected chi connectivity index (χ4v) is 9.89. The van der Waals surface area contributed by atoms with Crippen molar-refractivity contribution in [1.82, 2.24) is 9.80 Å². The zero-order valence-electron chi connectivity index (χ0n) is 33.9. The number of ether oxygens (including phenoxy) is 8. The lowest BCUT2D eigenvalue weighted by Gasteiger charge is -2.50. The Hall–Kier alpha value is -1.92. The number of carbonyl (C=O) groups excluding carboxylic acids is 2. The fourth-order valence-electron chi connectivity index (χ4n) is 7.38. The van der Waals surface area contributed by atoms with Crippen LogP contribution in [0.4, 0.5) is 9.59 Å². The molecule has 4 bridgehead atoms. The van der Waals surface area contributed by atoms with Gasteiger partial charge in [0.15, 0.2) is 6.10 Å². The number of amides is 2. The predicted octanol–water partition coefficient (Wildman–Crippen LogP) is 5.92. The number of thioether (sulfide) groups is 2. The summed E-state index contributed by atoms with van der Waals surface area (Å²) in [5, 5.41) is 10.7. The van der Waals surface area contributed by atoms with E-state index < -0.39 is 40.7 Å². The zero-order valence-corrected chi connectivity index (χ0v) is 35.6. The minimum absolute atomic E-state index is 0.00709. The molecule has 0 radical (unpaired) electrons. The van der Waals surface area contributed by atoms with Gasteiger partial charge in [0.25, 0.3) is 11.9 Å². The summed E-state index contributed by atoms with van der Waals surface area (Å²) in [6, 6.07) is -0.349. The monoisotopic (exact) mass is 808 g/mol. The summed E-state index contributed by atoms with van der Waals surface area (Å²) in [4.78, 5) is 27.6. The van der Waals surface area contributed by atoms with Crippen molar-refractivity contribution in [3.63, 3.8) is 0 Å². The topological polar surface area (TPSA) is 135 Å². The molecule has 15 heteroatoms. The molecule has 0 aliphatic carbocycles. The average Bonchev–Trinajstić information content (AvgIpc) is 3.74. The number of unbranched alkanes of at least 4 members (excludes halogenated alkanes) is 2. The van der Waals surface area contributed by atoms with E-state index >= 15 is 0 Å². The molecule has 0 aromatic heterocycles. The molecule has 2 amide bonds. The number of aliphatic hydroxyl groups excluding tert-OH is 1. The van der Waals surface area contributed by atoms with Gasteiger partial charge in [0.1, 0.15) is 11.7 Å². The molecular weight excluding hydrogens is 749 g/mol. The van der Waals surface area contributed by atoms with Gasteiger partial charge in [-0.05, 0) is 61.3 Å². The maximum Gasteiger partial charge on any atom is 0.412 e. The number of nitrogens with zero attached hydrogens (tertiary/aromatic N) is 2. The summed E-state index contributed by atoms with van der Waals surface area (Å²) >= 11 is 3.39. The second-order valence-electron chi connectivity index (χ2n) is 18.2. The Morgan fingerprint density at radius 2 is 1.31 bits per heavy atom. The Bertz CT molecular complexity index is 1510. The van der Waals surface area contributed by atoms with Crippen LogP contribution in [0.1, 0.15) is 101 Å². The van der Waals surface area contributed by atoms with Crippen LogP contribution in [0.2, 0.25) is 0 Å². The lowest BCUT2D eigenvalue weighted by atomic mass is 9.91. The van der Waals surface area contributed by atoms with E-state index in [-0.39, 0.29) is 33.9 Å². The van der Waals surface area contributed by atoms with Gasteiger partial charge in [-0.15, -0.1) is 29.4 Å². The van der Waals surface area contributed by atoms with Gasteiger partial charge < -0.3 is 43.0 Å². The third-order valence-corrected chi connectivity index (χ3v) is 13.5. The van der Waals surface area contributed by atoms with Gasteiger partial charge in [0.2, 0.25) is 0 Å². The summed E-state index contributed by atoms with van der Waals surface area (Å²) in [7, 11) is 0. The maximum atomic E-state index is 12.7. The third kappa shape index (κ3) is 9.86. The van der Waals surface area contributed by atoms with E-state index in [1.54, 1.807) is 28.4 Å². The molecule has 0 aromatic carbocycles. The molecule has 0 saturated carbocycles. The van der Waals surface area contributed by atoms with Crippen LogP contribution in [0.5, 0.6) is 0 Å². The first kappa shape index (κ1) is 42.7. The first-order valence-electron chi connectivity index (χ1n) is 19.5. The predicted molar refractivity (Wildman–Crippen MR) is 207 cm³/mol. The van der Waals surface area contributed by atoms with Crippen LogP contribution in [0, 0.1) is 34.5 Å². The van der Waals surface area contributed by atoms with Gasteiger partial charge >= 0.3 is 12.2 Å². The van der Waals surface area contributed by atoms with E-state index in [1.165, 1.54) is 0 Å². The summed E-state index contributed by atoms with van der Waals surface area (Å²) in [6.07, 6.45) is 2.18. The first-order valence-corrected chi connectivity index (χ1v) is 21.4. The number of hydrogen-bond acceptors (Lipinski definition) is 13. The molecule has 9 fully saturated rings. The Labute approximate surface area is 335 Å². The highest BCUT2D eigenvalue weighted by Crippen LogP contribution is 2.45. The van der Waals surface area contributed by atoms with E-state index in [0.29, 0.717) is 71.1 Å². The van der Waals surface area contributed by atoms with Gasteiger partial charge in [-0.25, -0.2) is 9.59 Å². The Kier molecular flexibility index (Phi) is 12.4. The molecular formula is C40H60N2O11S2. The van der Waals surface area contributed by atoms with Crippen LogP contribution in [-0.2, 0) is 37.9 Å². The smallest absolute Gasteiger partial charge is 0.412 e. The lowest BCUT2D eigenvalue weighted by Crippen LogP contribution is -2.58. The number of rotatable bonds is 7. The molecule has 4 atom stereocenters. The van der Waals surface area contributed by atoms with Crippen LogP contribution in [0.3, 0.4) is 0 Å². The van der Waals surface area contributed by atoms with Gasteiger partial charge in [-0.3, -0.25) is 9.80 Å². The quantitative estimate of drug-likeness (QED) is 0.241. The standard InChI is InChI=1S/C22H35NO6S.C18H25NO5S/c1-19(2,3)29-18(25)23-16(12-30-20(23,4)5)17(24)10-8-7-9-11-22-26-13-21(6,14-27-22)15-28-22;1-16(2)19-13(9-25-16)14(24-15(19)20)7-5-4-6-8-18-21-10-17(3,11-22-18)12-23-18/h16-17,24H,7,9,11-15H2,1-6H3;13-14H,4,6,8-12H2,1-3H3/t16-,17+,21?,22?;13-,14+,17?,18?/m00/s1. The highest BCUT2D eigenvalue weighted by atomic mass is 32.2. The van der Waals surface area contributed by atoms with Crippen LogP contribution in [0.15, 0.2) is 0 Å². The largest absolute Gasteiger partial charge is 0.444 e. The highest BCUT2D eigenvalue weighted by Gasteiger charge is 2.54. The average molecular weight is 809 g/mol. The van der Waals surface area contributed by atoms with Crippen molar-refractivity contribution in [2.75, 3.05) is 51.1 Å². The van der Waals surface area contributed by atoms with E-state index in [2.05, 4.69) is 37.5 Å². The van der Waals surface area contributed by atoms with Crippen molar-refractivity contribution >= 4 is 35.7 Å². The number of aliphatic hydroxyl groups is 1. The highest BCUT2D eigenvalue weighted by molar-refractivity contribution is 8.01. The molecule has 0 aromatic rings. The van der Waals surface area contributed by atoms with Crippen LogP contribution in [0.25, 0.3) is 0 Å². The summed E-state index contributed by atoms with van der Waals surface area (Å²) < 4.78 is 45.6. The second kappa shape index (κ2) is 16.0. The van der Waals surface area contributed by atoms with Crippen LogP contribution < -0.4 is 0 Å². The SMILES string of the molecule is CC12COC(CCCC#C[C@@H](O)[C@@H]3CSC(C)(C)N3C(=O)OC(C)(C)C)(OC1)OC2.CC12COC(CCCC#C[C@H]3OC(=O)N4[C@H]3CSC4(C)C)(OC1)OC2. The van der Waals surface area contributed by atoms with Crippen molar-refractivity contribution in [2.45, 2.75) is 152 Å². The van der Waals surface area contributed by atoms with E-state index in [0.717, 1.165) is 18.6 Å². The van der Waals surface area contributed by atoms with Gasteiger partial charge in [0, 0.05) is 48.0 Å². The van der Waals surface area contributed by atoms with Gasteiger partial charge in [-0.2, -0.15) is 0 Å². The maximum absolute atomic E-state index is 12.7. The third-order valence-electron chi connectivity index (χ3n) is 10.7. The summed E-state index contributed by atoms with van der Waals surface area (Å²) in [5.41, 5.74) is -0.644. The lowest BCUT2D eigenvalue weighted by molar-refractivity contribution is -0.467. The second-order valence-corrected chi connectivity index (χ2v) is 21.4. The van der Waals surface area contributed by atoms with E-state index in [4.69, 9.17) is 37.9 Å². The van der Waals surface area contributed by atoms with Crippen molar-refractivity contribution < 1.29 is 52.6 Å². The number of carbonyl (C=O) groups is 2. The molecule has 9 aliphatic heterocycles. The molecule has 308 valence electrons. The van der Waals surface area contributed by atoms with E-state index in [1.807, 2.05) is 53.4 Å². The minimum atomic E-state index is -0.933. The summed E-state index contributed by atoms with van der Waals surface area (Å²) in [6.45, 7) is 21.7. The minimum Gasteiger partial charge on any atom is -0.444 e. The van der Waals surface area contributed by atoms with Crippen LogP contribution in [-0.4, -0.2) is 130 Å². The number of hydrogen-bond donors (Lipinski definition) is 1. The summed E-state index contributed by atoms with van der Waals surface area (Å²) in [5.74, 6) is 11.9. The first-order chi connectivity index (χ1) is 25.7. The van der Waals surface area contributed by atoms with Crippen molar-refractivity contribution in [3.8, 4) is 23.7 Å². The van der Waals surface area contributed by atoms with Crippen LogP contribution >= 0.6 is 23.5 Å². The Morgan fingerprint density at radius 1 is 0.818 bits per heavy atom. The van der Waals surface area contributed by atoms with Crippen molar-refractivity contribution in [2.24, 2.45) is 10.8 Å². The molecule has 55 heavy (non-hydrogen) atoms. The number of cyclic esters (lactones) is 1. The molecule has 9 aliphatic rings. The molecule has 13 nitrogen and oxygen atoms in total. The molecule has 9 rings (SSSR count). The molecule has 9 saturated heterocycles. The molecule has 9 heterocycles. The number of fused-ring (bicyclic) bond motifs is 7.